The highest BCUT2D eigenvalue weighted by molar-refractivity contribution is 8.13. The highest BCUT2D eigenvalue weighted by Crippen LogP contribution is 2.34. The Morgan fingerprint density at radius 3 is 2.67 bits per heavy atom. The smallest absolute Gasteiger partial charge is 0.156 e. The van der Waals surface area contributed by atoms with Gasteiger partial charge in [0.25, 0.3) is 0 Å². The molecule has 4 heteroatoms. The van der Waals surface area contributed by atoms with Crippen molar-refractivity contribution in [1.29, 1.82) is 0 Å². The van der Waals surface area contributed by atoms with Gasteiger partial charge in [-0.25, -0.2) is 0 Å². The largest absolute Gasteiger partial charge is 0.465 e. The SMILES string of the molecule is CCC1(CC)CN=C(NCc2ccc(C)o2)SC1. The molecule has 1 aromatic rings. The van der Waals surface area contributed by atoms with Crippen molar-refractivity contribution in [3.05, 3.63) is 23.7 Å². The van der Waals surface area contributed by atoms with Gasteiger partial charge in [0.05, 0.1) is 6.54 Å². The number of hydrogen-bond donors (Lipinski definition) is 1. The summed E-state index contributed by atoms with van der Waals surface area (Å²) in [5.41, 5.74) is 0.414. The van der Waals surface area contributed by atoms with E-state index in [1.807, 2.05) is 30.8 Å². The molecule has 2 heterocycles. The zero-order valence-electron chi connectivity index (χ0n) is 11.5. The number of rotatable bonds is 4. The second-order valence-electron chi connectivity index (χ2n) is 4.98. The lowest BCUT2D eigenvalue weighted by Gasteiger charge is -2.33. The third-order valence-corrected chi connectivity index (χ3v) is 5.09. The van der Waals surface area contributed by atoms with Gasteiger partial charge in [-0.15, -0.1) is 0 Å². The van der Waals surface area contributed by atoms with Gasteiger partial charge in [0.15, 0.2) is 5.17 Å². The normalized spacial score (nSPS) is 18.5. The van der Waals surface area contributed by atoms with Crippen LogP contribution in [0.1, 0.15) is 38.2 Å². The molecule has 2 rings (SSSR count). The van der Waals surface area contributed by atoms with Crippen LogP contribution in [0.15, 0.2) is 21.5 Å². The van der Waals surface area contributed by atoms with E-state index in [-0.39, 0.29) is 0 Å². The summed E-state index contributed by atoms with van der Waals surface area (Å²) >= 11 is 1.84. The maximum Gasteiger partial charge on any atom is 0.156 e. The first-order valence-corrected chi connectivity index (χ1v) is 7.62. The molecule has 0 saturated heterocycles. The number of furan rings is 1. The molecule has 0 aliphatic carbocycles. The number of nitrogens with one attached hydrogen (secondary N) is 1. The van der Waals surface area contributed by atoms with E-state index in [1.165, 1.54) is 18.6 Å². The Morgan fingerprint density at radius 2 is 2.17 bits per heavy atom. The van der Waals surface area contributed by atoms with E-state index < -0.39 is 0 Å². The summed E-state index contributed by atoms with van der Waals surface area (Å²) in [4.78, 5) is 4.67. The van der Waals surface area contributed by atoms with Gasteiger partial charge in [-0.3, -0.25) is 4.99 Å². The van der Waals surface area contributed by atoms with Crippen molar-refractivity contribution in [2.24, 2.45) is 10.4 Å². The number of amidine groups is 1. The van der Waals surface area contributed by atoms with Gasteiger partial charge in [-0.1, -0.05) is 25.6 Å². The molecule has 0 atom stereocenters. The number of aliphatic imine (C=N–C) groups is 1. The van der Waals surface area contributed by atoms with Crippen molar-refractivity contribution in [3.8, 4) is 0 Å². The molecule has 0 bridgehead atoms. The fourth-order valence-corrected chi connectivity index (χ4v) is 3.35. The van der Waals surface area contributed by atoms with Gasteiger partial charge in [0.2, 0.25) is 0 Å². The predicted octanol–water partition coefficient (Wildman–Crippen LogP) is 3.59. The Labute approximate surface area is 113 Å². The van der Waals surface area contributed by atoms with Crippen molar-refractivity contribution in [3.63, 3.8) is 0 Å². The molecule has 0 fully saturated rings. The molecule has 1 aliphatic rings. The van der Waals surface area contributed by atoms with Crippen LogP contribution in [-0.2, 0) is 6.54 Å². The quantitative estimate of drug-likeness (QED) is 0.905. The molecular weight excluding hydrogens is 244 g/mol. The van der Waals surface area contributed by atoms with Gasteiger partial charge in [-0.05, 0) is 37.3 Å². The minimum atomic E-state index is 0.414. The molecule has 0 aromatic carbocycles. The maximum atomic E-state index is 5.53. The van der Waals surface area contributed by atoms with Crippen LogP contribution in [0.2, 0.25) is 0 Å². The van der Waals surface area contributed by atoms with Crippen molar-refractivity contribution in [2.75, 3.05) is 12.3 Å². The molecular formula is C14H22N2OS. The Kier molecular flexibility index (Phi) is 4.38. The molecule has 1 aromatic heterocycles. The lowest BCUT2D eigenvalue weighted by molar-refractivity contribution is 0.318. The molecule has 3 nitrogen and oxygen atoms in total. The second-order valence-corrected chi connectivity index (χ2v) is 5.95. The monoisotopic (exact) mass is 266 g/mol. The topological polar surface area (TPSA) is 37.5 Å². The van der Waals surface area contributed by atoms with Gasteiger partial charge in [0, 0.05) is 12.3 Å². The van der Waals surface area contributed by atoms with E-state index in [1.54, 1.807) is 0 Å². The van der Waals surface area contributed by atoms with Crippen molar-refractivity contribution >= 4 is 16.9 Å². The molecule has 0 saturated carbocycles. The second kappa shape index (κ2) is 5.83. The van der Waals surface area contributed by atoms with Crippen LogP contribution >= 0.6 is 11.8 Å². The first-order chi connectivity index (χ1) is 8.67. The zero-order valence-corrected chi connectivity index (χ0v) is 12.3. The summed E-state index contributed by atoms with van der Waals surface area (Å²) in [5, 5.41) is 4.41. The van der Waals surface area contributed by atoms with E-state index in [2.05, 4.69) is 24.2 Å². The number of nitrogens with zero attached hydrogens (tertiary/aromatic N) is 1. The minimum Gasteiger partial charge on any atom is -0.465 e. The third-order valence-electron chi connectivity index (χ3n) is 3.78. The summed E-state index contributed by atoms with van der Waals surface area (Å²) in [5.74, 6) is 3.10. The first-order valence-electron chi connectivity index (χ1n) is 6.64. The molecule has 0 amide bonds. The summed E-state index contributed by atoms with van der Waals surface area (Å²) in [6.45, 7) is 8.18. The van der Waals surface area contributed by atoms with E-state index in [4.69, 9.17) is 4.42 Å². The van der Waals surface area contributed by atoms with Gasteiger partial charge in [0.1, 0.15) is 11.5 Å². The molecule has 1 aliphatic heterocycles. The van der Waals surface area contributed by atoms with Crippen LogP contribution in [0.4, 0.5) is 0 Å². The Morgan fingerprint density at radius 1 is 1.39 bits per heavy atom. The van der Waals surface area contributed by atoms with E-state index >= 15 is 0 Å². The summed E-state index contributed by atoms with van der Waals surface area (Å²) in [7, 11) is 0. The van der Waals surface area contributed by atoms with E-state index in [0.717, 1.165) is 29.8 Å². The average Bonchev–Trinajstić information content (AvgIpc) is 2.83. The van der Waals surface area contributed by atoms with Crippen molar-refractivity contribution in [1.82, 2.24) is 5.32 Å². The summed E-state index contributed by atoms with van der Waals surface area (Å²) < 4.78 is 5.53. The van der Waals surface area contributed by atoms with Gasteiger partial charge in [-0.2, -0.15) is 0 Å². The standard InChI is InChI=1S/C14H22N2OS/c1-4-14(5-2)9-16-13(18-10-14)15-8-12-7-6-11(3)17-12/h6-7H,4-5,8-10H2,1-3H3,(H,15,16). The van der Waals surface area contributed by atoms with Crippen LogP contribution in [0.25, 0.3) is 0 Å². The molecule has 0 radical (unpaired) electrons. The van der Waals surface area contributed by atoms with Crippen molar-refractivity contribution < 1.29 is 4.42 Å². The predicted molar refractivity (Wildman–Crippen MR) is 78.1 cm³/mol. The maximum absolute atomic E-state index is 5.53. The first kappa shape index (κ1) is 13.5. The number of thioether (sulfide) groups is 1. The highest BCUT2D eigenvalue weighted by Gasteiger charge is 2.29. The average molecular weight is 266 g/mol. The molecule has 0 spiro atoms. The summed E-state index contributed by atoms with van der Waals surface area (Å²) in [6, 6.07) is 4.00. The van der Waals surface area contributed by atoms with Crippen LogP contribution in [0.3, 0.4) is 0 Å². The lowest BCUT2D eigenvalue weighted by Crippen LogP contribution is -2.34. The number of hydrogen-bond acceptors (Lipinski definition) is 4. The van der Waals surface area contributed by atoms with E-state index in [0.29, 0.717) is 5.41 Å². The van der Waals surface area contributed by atoms with Gasteiger partial charge < -0.3 is 9.73 Å². The lowest BCUT2D eigenvalue weighted by atomic mass is 9.84. The Bertz CT molecular complexity index is 421. The van der Waals surface area contributed by atoms with Crippen LogP contribution in [0.5, 0.6) is 0 Å². The minimum absolute atomic E-state index is 0.414. The number of aryl methyl sites for hydroxylation is 1. The molecule has 0 unspecified atom stereocenters. The van der Waals surface area contributed by atoms with Crippen LogP contribution < -0.4 is 5.32 Å². The Hall–Kier alpha value is -0.900. The molecule has 1 N–H and O–H groups in total. The highest BCUT2D eigenvalue weighted by atomic mass is 32.2. The fraction of sp³-hybridized carbons (Fsp3) is 0.643. The zero-order chi connectivity index (χ0) is 13.0. The van der Waals surface area contributed by atoms with Crippen LogP contribution in [-0.4, -0.2) is 17.5 Å². The van der Waals surface area contributed by atoms with Gasteiger partial charge >= 0.3 is 0 Å². The molecule has 100 valence electrons. The van der Waals surface area contributed by atoms with Crippen molar-refractivity contribution in [2.45, 2.75) is 40.2 Å². The van der Waals surface area contributed by atoms with Crippen LogP contribution in [0, 0.1) is 12.3 Å². The Balaban J connectivity index is 1.87. The molecule has 18 heavy (non-hydrogen) atoms. The third kappa shape index (κ3) is 3.10. The summed E-state index contributed by atoms with van der Waals surface area (Å²) in [6.07, 6.45) is 2.43. The van der Waals surface area contributed by atoms with E-state index in [9.17, 15) is 0 Å². The fourth-order valence-electron chi connectivity index (χ4n) is 2.08.